The second-order valence-electron chi connectivity index (χ2n) is 2.79. The average Bonchev–Trinajstić information content (AvgIpc) is 2.14. The highest BCUT2D eigenvalue weighted by Crippen LogP contribution is 2.06. The highest BCUT2D eigenvalue weighted by molar-refractivity contribution is 5.60. The normalized spacial score (nSPS) is 10.1. The summed E-state index contributed by atoms with van der Waals surface area (Å²) >= 11 is 0. The van der Waals surface area contributed by atoms with Crippen molar-refractivity contribution in [3.8, 4) is 0 Å². The molecule has 0 bridgehead atoms. The molecule has 0 saturated carbocycles. The topological polar surface area (TPSA) is 119 Å². The van der Waals surface area contributed by atoms with Crippen LogP contribution in [0.4, 0.5) is 11.5 Å². The second-order valence-corrected chi connectivity index (χ2v) is 2.79. The minimum Gasteiger partial charge on any atom is -0.383 e. The van der Waals surface area contributed by atoms with Gasteiger partial charge < -0.3 is 16.8 Å². The number of nitrogens with one attached hydrogen (secondary N) is 2. The molecule has 0 amide bonds. The molecule has 78 valence electrons. The first kappa shape index (κ1) is 10.3. The Kier molecular flexibility index (Phi) is 2.92. The molecule has 0 aliphatic rings. The number of aromatic amines is 1. The summed E-state index contributed by atoms with van der Waals surface area (Å²) in [4.78, 5) is 24.5. The van der Waals surface area contributed by atoms with Crippen LogP contribution >= 0.6 is 0 Å². The van der Waals surface area contributed by atoms with Crippen LogP contribution in [0.5, 0.6) is 0 Å². The Morgan fingerprint density at radius 1 is 1.50 bits per heavy atom. The molecule has 14 heavy (non-hydrogen) atoms. The molecule has 0 atom stereocenters. The van der Waals surface area contributed by atoms with Crippen LogP contribution in [0, 0.1) is 0 Å². The summed E-state index contributed by atoms with van der Waals surface area (Å²) in [5, 5.41) is 2.75. The van der Waals surface area contributed by atoms with Crippen LogP contribution in [0.2, 0.25) is 0 Å². The van der Waals surface area contributed by atoms with E-state index in [1.165, 1.54) is 7.05 Å². The Morgan fingerprint density at radius 2 is 2.14 bits per heavy atom. The van der Waals surface area contributed by atoms with Crippen LogP contribution < -0.4 is 28.0 Å². The largest absolute Gasteiger partial charge is 0.383 e. The molecular formula is C7H13N5O2. The molecule has 1 aromatic rings. The molecule has 1 rings (SSSR count). The molecule has 0 fully saturated rings. The number of hydrogen-bond donors (Lipinski definition) is 4. The van der Waals surface area contributed by atoms with Gasteiger partial charge in [-0.15, -0.1) is 0 Å². The predicted octanol–water partition coefficient (Wildman–Crippen LogP) is -1.97. The average molecular weight is 199 g/mol. The first-order chi connectivity index (χ1) is 6.57. The van der Waals surface area contributed by atoms with Crippen LogP contribution in [-0.4, -0.2) is 22.6 Å². The molecule has 0 radical (unpaired) electrons. The molecule has 0 unspecified atom stereocenters. The van der Waals surface area contributed by atoms with E-state index in [1.54, 1.807) is 0 Å². The SMILES string of the molecule is Cn1c(N)c(NCCN)c(=O)[nH]c1=O. The minimum atomic E-state index is -0.536. The molecular weight excluding hydrogens is 186 g/mol. The maximum absolute atomic E-state index is 11.3. The van der Waals surface area contributed by atoms with Gasteiger partial charge in [-0.05, 0) is 0 Å². The fraction of sp³-hybridized carbons (Fsp3) is 0.429. The highest BCUT2D eigenvalue weighted by atomic mass is 16.2. The van der Waals surface area contributed by atoms with E-state index in [0.29, 0.717) is 13.1 Å². The lowest BCUT2D eigenvalue weighted by atomic mass is 10.4. The lowest BCUT2D eigenvalue weighted by molar-refractivity contribution is 0.812. The smallest absolute Gasteiger partial charge is 0.329 e. The van der Waals surface area contributed by atoms with Gasteiger partial charge in [-0.3, -0.25) is 14.3 Å². The van der Waals surface area contributed by atoms with Crippen molar-refractivity contribution in [2.45, 2.75) is 0 Å². The van der Waals surface area contributed by atoms with E-state index in [-0.39, 0.29) is 11.5 Å². The van der Waals surface area contributed by atoms with Gasteiger partial charge in [0.05, 0.1) is 0 Å². The Morgan fingerprint density at radius 3 is 2.71 bits per heavy atom. The van der Waals surface area contributed by atoms with Crippen molar-refractivity contribution in [1.29, 1.82) is 0 Å². The van der Waals surface area contributed by atoms with E-state index in [9.17, 15) is 9.59 Å². The zero-order valence-electron chi connectivity index (χ0n) is 7.83. The van der Waals surface area contributed by atoms with Crippen molar-refractivity contribution in [2.75, 3.05) is 24.1 Å². The van der Waals surface area contributed by atoms with Crippen molar-refractivity contribution >= 4 is 11.5 Å². The number of H-pyrrole nitrogens is 1. The molecule has 0 aromatic carbocycles. The standard InChI is InChI=1S/C7H13N5O2/c1-12-5(9)4(10-3-2-8)6(13)11-7(12)14/h10H,2-3,8-9H2,1H3,(H,11,13,14). The fourth-order valence-electron chi connectivity index (χ4n) is 1.00. The Labute approximate surface area is 79.7 Å². The summed E-state index contributed by atoms with van der Waals surface area (Å²) in [6.45, 7) is 0.799. The molecule has 7 heteroatoms. The third-order valence-corrected chi connectivity index (χ3v) is 1.82. The highest BCUT2D eigenvalue weighted by Gasteiger charge is 2.08. The summed E-state index contributed by atoms with van der Waals surface area (Å²) < 4.78 is 1.15. The predicted molar refractivity (Wildman–Crippen MR) is 54.3 cm³/mol. The van der Waals surface area contributed by atoms with Gasteiger partial charge in [0.25, 0.3) is 5.56 Å². The molecule has 0 saturated heterocycles. The lowest BCUT2D eigenvalue weighted by Gasteiger charge is -2.09. The number of anilines is 2. The van der Waals surface area contributed by atoms with Crippen LogP contribution in [-0.2, 0) is 7.05 Å². The van der Waals surface area contributed by atoms with E-state index < -0.39 is 11.2 Å². The zero-order chi connectivity index (χ0) is 10.7. The summed E-state index contributed by atoms with van der Waals surface area (Å²) in [5.74, 6) is 0.104. The minimum absolute atomic E-state index is 0.104. The van der Waals surface area contributed by atoms with Crippen LogP contribution in [0.25, 0.3) is 0 Å². The molecule has 0 aliphatic carbocycles. The van der Waals surface area contributed by atoms with Gasteiger partial charge in [0.1, 0.15) is 11.5 Å². The van der Waals surface area contributed by atoms with Crippen LogP contribution in [0.1, 0.15) is 0 Å². The quantitative estimate of drug-likeness (QED) is 0.450. The number of hydrogen-bond acceptors (Lipinski definition) is 5. The van der Waals surface area contributed by atoms with Crippen molar-refractivity contribution in [1.82, 2.24) is 9.55 Å². The first-order valence-electron chi connectivity index (χ1n) is 4.10. The summed E-state index contributed by atoms with van der Waals surface area (Å²) in [5.41, 5.74) is 9.94. The van der Waals surface area contributed by atoms with E-state index in [1.807, 2.05) is 0 Å². The number of nitrogens with zero attached hydrogens (tertiary/aromatic N) is 1. The van der Waals surface area contributed by atoms with Gasteiger partial charge >= 0.3 is 5.69 Å². The van der Waals surface area contributed by atoms with Gasteiger partial charge in [-0.25, -0.2) is 4.79 Å². The van der Waals surface area contributed by atoms with Crippen molar-refractivity contribution < 1.29 is 0 Å². The number of rotatable bonds is 3. The Bertz CT molecular complexity index is 433. The summed E-state index contributed by atoms with van der Waals surface area (Å²) in [6.07, 6.45) is 0. The van der Waals surface area contributed by atoms with Crippen LogP contribution in [0.3, 0.4) is 0 Å². The first-order valence-corrected chi connectivity index (χ1v) is 4.10. The fourth-order valence-corrected chi connectivity index (χ4v) is 1.00. The maximum Gasteiger partial charge on any atom is 0.329 e. The third-order valence-electron chi connectivity index (χ3n) is 1.82. The summed E-state index contributed by atoms with van der Waals surface area (Å²) in [6, 6.07) is 0. The van der Waals surface area contributed by atoms with Gasteiger partial charge in [-0.2, -0.15) is 0 Å². The third kappa shape index (κ3) is 1.77. The van der Waals surface area contributed by atoms with Crippen molar-refractivity contribution in [2.24, 2.45) is 12.8 Å². The molecule has 6 N–H and O–H groups in total. The van der Waals surface area contributed by atoms with E-state index in [0.717, 1.165) is 4.57 Å². The van der Waals surface area contributed by atoms with E-state index in [4.69, 9.17) is 11.5 Å². The molecule has 0 aliphatic heterocycles. The molecule has 1 aromatic heterocycles. The lowest BCUT2D eigenvalue weighted by Crippen LogP contribution is -2.33. The second kappa shape index (κ2) is 3.97. The number of nitrogens with two attached hydrogens (primary N) is 2. The monoisotopic (exact) mass is 199 g/mol. The van der Waals surface area contributed by atoms with Crippen molar-refractivity contribution in [3.63, 3.8) is 0 Å². The van der Waals surface area contributed by atoms with E-state index >= 15 is 0 Å². The number of nitrogen functional groups attached to an aromatic ring is 1. The van der Waals surface area contributed by atoms with E-state index in [2.05, 4.69) is 10.3 Å². The zero-order valence-corrected chi connectivity index (χ0v) is 7.83. The van der Waals surface area contributed by atoms with Gasteiger partial charge in [-0.1, -0.05) is 0 Å². The summed E-state index contributed by atoms with van der Waals surface area (Å²) in [7, 11) is 1.47. The Hall–Kier alpha value is -1.76. The van der Waals surface area contributed by atoms with Gasteiger partial charge in [0, 0.05) is 20.1 Å². The molecule has 0 spiro atoms. The Balaban J connectivity index is 3.23. The maximum atomic E-state index is 11.3. The number of aromatic nitrogens is 2. The van der Waals surface area contributed by atoms with Crippen molar-refractivity contribution in [3.05, 3.63) is 20.8 Å². The van der Waals surface area contributed by atoms with Gasteiger partial charge in [0.15, 0.2) is 0 Å². The molecule has 1 heterocycles. The molecule has 7 nitrogen and oxygen atoms in total. The van der Waals surface area contributed by atoms with Crippen LogP contribution in [0.15, 0.2) is 9.59 Å². The van der Waals surface area contributed by atoms with Gasteiger partial charge in [0.2, 0.25) is 0 Å².